The molecule has 1 unspecified atom stereocenters. The second-order valence-electron chi connectivity index (χ2n) is 2.45. The van der Waals surface area contributed by atoms with Crippen LogP contribution in [0, 0.1) is 0 Å². The van der Waals surface area contributed by atoms with Crippen molar-refractivity contribution in [2.24, 2.45) is 0 Å². The molecular formula is C9H11ClO2. The summed E-state index contributed by atoms with van der Waals surface area (Å²) in [7, 11) is 1.59. The van der Waals surface area contributed by atoms with Gasteiger partial charge in [-0.3, -0.25) is 0 Å². The number of rotatable bonds is 3. The number of methoxy groups -OCH3 is 1. The highest BCUT2D eigenvalue weighted by molar-refractivity contribution is 6.18. The molecule has 3 heteroatoms. The number of benzene rings is 1. The summed E-state index contributed by atoms with van der Waals surface area (Å²) >= 11 is 5.49. The molecule has 0 spiro atoms. The van der Waals surface area contributed by atoms with Gasteiger partial charge in [0.25, 0.3) is 0 Å². The Labute approximate surface area is 76.7 Å². The lowest BCUT2D eigenvalue weighted by molar-refractivity contribution is 0.202. The average Bonchev–Trinajstić information content (AvgIpc) is 2.17. The molecule has 0 aliphatic carbocycles. The maximum absolute atomic E-state index is 9.36. The van der Waals surface area contributed by atoms with E-state index in [2.05, 4.69) is 0 Å². The Hall–Kier alpha value is -0.730. The van der Waals surface area contributed by atoms with Crippen molar-refractivity contribution in [1.29, 1.82) is 0 Å². The van der Waals surface area contributed by atoms with Gasteiger partial charge in [-0.15, -0.1) is 11.6 Å². The van der Waals surface area contributed by atoms with Crippen LogP contribution in [0.3, 0.4) is 0 Å². The lowest BCUT2D eigenvalue weighted by Gasteiger charge is -2.07. The number of alkyl halides is 1. The van der Waals surface area contributed by atoms with Crippen molar-refractivity contribution >= 4 is 11.6 Å². The van der Waals surface area contributed by atoms with Crippen molar-refractivity contribution in [3.8, 4) is 5.75 Å². The minimum Gasteiger partial charge on any atom is -0.497 e. The van der Waals surface area contributed by atoms with Gasteiger partial charge in [-0.2, -0.15) is 0 Å². The highest BCUT2D eigenvalue weighted by Gasteiger charge is 2.05. The summed E-state index contributed by atoms with van der Waals surface area (Å²) < 4.78 is 5.00. The van der Waals surface area contributed by atoms with E-state index in [4.69, 9.17) is 16.3 Å². The first-order chi connectivity index (χ1) is 5.77. The van der Waals surface area contributed by atoms with Crippen molar-refractivity contribution in [2.75, 3.05) is 13.0 Å². The SMILES string of the molecule is COc1cccc(C(O)CCl)c1. The summed E-state index contributed by atoms with van der Waals surface area (Å²) in [6.45, 7) is 0. The van der Waals surface area contributed by atoms with Crippen LogP contribution in [0.5, 0.6) is 5.75 Å². The fourth-order valence-corrected chi connectivity index (χ4v) is 1.12. The van der Waals surface area contributed by atoms with Gasteiger partial charge >= 0.3 is 0 Å². The van der Waals surface area contributed by atoms with E-state index >= 15 is 0 Å². The van der Waals surface area contributed by atoms with E-state index in [9.17, 15) is 5.11 Å². The molecule has 0 fully saturated rings. The molecule has 0 saturated heterocycles. The zero-order valence-electron chi connectivity index (χ0n) is 6.83. The van der Waals surface area contributed by atoms with Crippen LogP contribution in [0.1, 0.15) is 11.7 Å². The Morgan fingerprint density at radius 3 is 2.92 bits per heavy atom. The molecule has 0 aliphatic heterocycles. The first-order valence-corrected chi connectivity index (χ1v) is 4.19. The van der Waals surface area contributed by atoms with Gasteiger partial charge in [0, 0.05) is 0 Å². The molecule has 12 heavy (non-hydrogen) atoms. The Bertz CT molecular complexity index is 250. The van der Waals surface area contributed by atoms with E-state index in [1.165, 1.54) is 0 Å². The monoisotopic (exact) mass is 186 g/mol. The molecule has 0 aliphatic rings. The fourth-order valence-electron chi connectivity index (χ4n) is 0.938. The van der Waals surface area contributed by atoms with E-state index in [0.29, 0.717) is 0 Å². The number of aliphatic hydroxyl groups is 1. The van der Waals surface area contributed by atoms with Crippen molar-refractivity contribution in [1.82, 2.24) is 0 Å². The quantitative estimate of drug-likeness (QED) is 0.732. The van der Waals surface area contributed by atoms with Gasteiger partial charge in [0.1, 0.15) is 5.75 Å². The Balaban J connectivity index is 2.86. The van der Waals surface area contributed by atoms with Crippen LogP contribution >= 0.6 is 11.6 Å². The summed E-state index contributed by atoms with van der Waals surface area (Å²) in [4.78, 5) is 0. The zero-order valence-corrected chi connectivity index (χ0v) is 7.58. The summed E-state index contributed by atoms with van der Waals surface area (Å²) in [6, 6.07) is 7.23. The van der Waals surface area contributed by atoms with Crippen LogP contribution in [0.4, 0.5) is 0 Å². The summed E-state index contributed by atoms with van der Waals surface area (Å²) in [6.07, 6.45) is -0.609. The van der Waals surface area contributed by atoms with Crippen LogP contribution in [0.25, 0.3) is 0 Å². The molecular weight excluding hydrogens is 176 g/mol. The first kappa shape index (κ1) is 9.36. The number of aliphatic hydroxyl groups excluding tert-OH is 1. The molecule has 0 saturated carbocycles. The van der Waals surface area contributed by atoms with Crippen molar-refractivity contribution in [2.45, 2.75) is 6.10 Å². The topological polar surface area (TPSA) is 29.5 Å². The predicted molar refractivity (Wildman–Crippen MR) is 48.7 cm³/mol. The van der Waals surface area contributed by atoms with Gasteiger partial charge in [-0.25, -0.2) is 0 Å². The molecule has 0 aromatic heterocycles. The summed E-state index contributed by atoms with van der Waals surface area (Å²) in [5.41, 5.74) is 0.782. The molecule has 0 amide bonds. The van der Waals surface area contributed by atoms with Gasteiger partial charge in [-0.1, -0.05) is 12.1 Å². The van der Waals surface area contributed by atoms with Gasteiger partial charge < -0.3 is 9.84 Å². The lowest BCUT2D eigenvalue weighted by Crippen LogP contribution is -1.98. The maximum Gasteiger partial charge on any atom is 0.119 e. The zero-order chi connectivity index (χ0) is 8.97. The Kier molecular flexibility index (Phi) is 3.38. The largest absolute Gasteiger partial charge is 0.497 e. The maximum atomic E-state index is 9.36. The van der Waals surface area contributed by atoms with Gasteiger partial charge in [0.15, 0.2) is 0 Å². The number of hydrogen-bond donors (Lipinski definition) is 1. The second-order valence-corrected chi connectivity index (χ2v) is 2.76. The Morgan fingerprint density at radius 1 is 1.58 bits per heavy atom. The third-order valence-electron chi connectivity index (χ3n) is 1.62. The van der Waals surface area contributed by atoms with Crippen LogP contribution < -0.4 is 4.74 Å². The molecule has 2 nitrogen and oxygen atoms in total. The van der Waals surface area contributed by atoms with Crippen LogP contribution in [-0.2, 0) is 0 Å². The molecule has 1 rings (SSSR count). The molecule has 66 valence electrons. The smallest absolute Gasteiger partial charge is 0.119 e. The van der Waals surface area contributed by atoms with Crippen LogP contribution in [0.2, 0.25) is 0 Å². The molecule has 0 radical (unpaired) electrons. The first-order valence-electron chi connectivity index (χ1n) is 3.66. The van der Waals surface area contributed by atoms with Crippen molar-refractivity contribution < 1.29 is 9.84 Å². The van der Waals surface area contributed by atoms with Gasteiger partial charge in [-0.05, 0) is 17.7 Å². The molecule has 1 N–H and O–H groups in total. The third-order valence-corrected chi connectivity index (χ3v) is 1.92. The van der Waals surface area contributed by atoms with E-state index in [1.807, 2.05) is 18.2 Å². The predicted octanol–water partition coefficient (Wildman–Crippen LogP) is 1.97. The van der Waals surface area contributed by atoms with E-state index in [-0.39, 0.29) is 5.88 Å². The third kappa shape index (κ3) is 2.13. The molecule has 1 aromatic carbocycles. The Morgan fingerprint density at radius 2 is 2.33 bits per heavy atom. The standard InChI is InChI=1S/C9H11ClO2/c1-12-8-4-2-3-7(5-8)9(11)6-10/h2-5,9,11H,6H2,1H3. The second kappa shape index (κ2) is 4.33. The molecule has 0 bridgehead atoms. The number of halogens is 1. The summed E-state index contributed by atoms with van der Waals surface area (Å²) in [5, 5.41) is 9.36. The fraction of sp³-hybridized carbons (Fsp3) is 0.333. The normalized spacial score (nSPS) is 12.6. The van der Waals surface area contributed by atoms with Gasteiger partial charge in [0.05, 0.1) is 19.1 Å². The van der Waals surface area contributed by atoms with E-state index < -0.39 is 6.10 Å². The lowest BCUT2D eigenvalue weighted by atomic mass is 10.1. The summed E-state index contributed by atoms with van der Waals surface area (Å²) in [5.74, 6) is 0.935. The number of hydrogen-bond acceptors (Lipinski definition) is 2. The van der Waals surface area contributed by atoms with Crippen molar-refractivity contribution in [3.05, 3.63) is 29.8 Å². The highest BCUT2D eigenvalue weighted by Crippen LogP contribution is 2.19. The van der Waals surface area contributed by atoms with E-state index in [0.717, 1.165) is 11.3 Å². The van der Waals surface area contributed by atoms with E-state index in [1.54, 1.807) is 13.2 Å². The average molecular weight is 187 g/mol. The van der Waals surface area contributed by atoms with Crippen LogP contribution in [-0.4, -0.2) is 18.1 Å². The van der Waals surface area contributed by atoms with Gasteiger partial charge in [0.2, 0.25) is 0 Å². The molecule has 0 heterocycles. The molecule has 1 atom stereocenters. The van der Waals surface area contributed by atoms with Crippen LogP contribution in [0.15, 0.2) is 24.3 Å². The molecule has 1 aromatic rings. The highest BCUT2D eigenvalue weighted by atomic mass is 35.5. The minimum absolute atomic E-state index is 0.202. The van der Waals surface area contributed by atoms with Crippen molar-refractivity contribution in [3.63, 3.8) is 0 Å². The minimum atomic E-state index is -0.609. The number of ether oxygens (including phenoxy) is 1.